The quantitative estimate of drug-likeness (QED) is 0.905. The van der Waals surface area contributed by atoms with Crippen LogP contribution >= 0.6 is 0 Å². The van der Waals surface area contributed by atoms with Gasteiger partial charge < -0.3 is 10.0 Å². The Balaban J connectivity index is 2.00. The summed E-state index contributed by atoms with van der Waals surface area (Å²) in [7, 11) is 0. The zero-order valence-corrected chi connectivity index (χ0v) is 14.2. The molecule has 23 heavy (non-hydrogen) atoms. The number of carboxylic acid groups (broad SMARTS) is 1. The second kappa shape index (κ2) is 7.59. The van der Waals surface area contributed by atoms with Crippen molar-refractivity contribution in [3.8, 4) is 0 Å². The van der Waals surface area contributed by atoms with Crippen molar-refractivity contribution < 1.29 is 14.7 Å². The molecule has 0 aliphatic carbocycles. The molecule has 1 aliphatic rings. The topological polar surface area (TPSA) is 60.9 Å². The van der Waals surface area contributed by atoms with Crippen LogP contribution in [-0.4, -0.2) is 59.0 Å². The summed E-state index contributed by atoms with van der Waals surface area (Å²) in [6.45, 7) is 8.16. The monoisotopic (exact) mass is 318 g/mol. The van der Waals surface area contributed by atoms with Crippen molar-refractivity contribution in [1.82, 2.24) is 9.80 Å². The minimum absolute atomic E-state index is 0.0755. The molecule has 5 heteroatoms. The average molecular weight is 318 g/mol. The lowest BCUT2D eigenvalue weighted by atomic mass is 9.99. The number of carboxylic acids is 1. The Bertz CT molecular complexity index is 578. The van der Waals surface area contributed by atoms with E-state index >= 15 is 0 Å². The van der Waals surface area contributed by atoms with Gasteiger partial charge in [-0.25, -0.2) is 0 Å². The predicted molar refractivity (Wildman–Crippen MR) is 89.7 cm³/mol. The lowest BCUT2D eigenvalue weighted by Gasteiger charge is -2.37. The second-order valence-corrected chi connectivity index (χ2v) is 6.23. The molecule has 1 heterocycles. The number of aryl methyl sites for hydroxylation is 1. The fourth-order valence-electron chi connectivity index (χ4n) is 3.26. The zero-order chi connectivity index (χ0) is 17.0. The molecule has 0 saturated carbocycles. The number of likely N-dealkylation sites (N-methyl/N-ethyl adjacent to an activating group) is 1. The van der Waals surface area contributed by atoms with Crippen molar-refractivity contribution in [1.29, 1.82) is 0 Å². The number of hydrogen-bond acceptors (Lipinski definition) is 3. The van der Waals surface area contributed by atoms with E-state index in [1.54, 1.807) is 0 Å². The van der Waals surface area contributed by atoms with E-state index in [0.29, 0.717) is 13.1 Å². The molecule has 0 radical (unpaired) electrons. The summed E-state index contributed by atoms with van der Waals surface area (Å²) >= 11 is 0. The SMILES string of the molecule is CCN(CC(=O)O)C1CCN(C(=O)c2cccc(C)c2C)CC1. The van der Waals surface area contributed by atoms with Crippen LogP contribution in [0.4, 0.5) is 0 Å². The van der Waals surface area contributed by atoms with Crippen LogP contribution < -0.4 is 0 Å². The lowest BCUT2D eigenvalue weighted by molar-refractivity contribution is -0.139. The van der Waals surface area contributed by atoms with Gasteiger partial charge in [0, 0.05) is 24.7 Å². The number of amides is 1. The van der Waals surface area contributed by atoms with Crippen molar-refractivity contribution >= 4 is 11.9 Å². The normalized spacial score (nSPS) is 15.9. The molecule has 2 rings (SSSR count). The number of likely N-dealkylation sites (tertiary alicyclic amines) is 1. The zero-order valence-electron chi connectivity index (χ0n) is 14.2. The van der Waals surface area contributed by atoms with E-state index in [1.807, 2.05) is 48.8 Å². The summed E-state index contributed by atoms with van der Waals surface area (Å²) < 4.78 is 0. The minimum Gasteiger partial charge on any atom is -0.480 e. The summed E-state index contributed by atoms with van der Waals surface area (Å²) in [5, 5.41) is 8.98. The van der Waals surface area contributed by atoms with E-state index in [0.717, 1.165) is 36.1 Å². The molecule has 1 fully saturated rings. The Kier molecular flexibility index (Phi) is 5.77. The van der Waals surface area contributed by atoms with Crippen molar-refractivity contribution in [3.63, 3.8) is 0 Å². The molecule has 1 aromatic rings. The largest absolute Gasteiger partial charge is 0.480 e. The van der Waals surface area contributed by atoms with E-state index in [1.165, 1.54) is 0 Å². The molecule has 1 N–H and O–H groups in total. The maximum atomic E-state index is 12.7. The van der Waals surface area contributed by atoms with E-state index in [2.05, 4.69) is 0 Å². The third kappa shape index (κ3) is 4.10. The summed E-state index contributed by atoms with van der Waals surface area (Å²) in [4.78, 5) is 27.5. The van der Waals surface area contributed by atoms with Crippen molar-refractivity contribution in [3.05, 3.63) is 34.9 Å². The molecule has 1 amide bonds. The van der Waals surface area contributed by atoms with Gasteiger partial charge in [-0.15, -0.1) is 0 Å². The van der Waals surface area contributed by atoms with Gasteiger partial charge in [0.15, 0.2) is 0 Å². The van der Waals surface area contributed by atoms with Gasteiger partial charge in [0.2, 0.25) is 0 Å². The Hall–Kier alpha value is -1.88. The molecule has 0 spiro atoms. The Morgan fingerprint density at radius 3 is 2.48 bits per heavy atom. The average Bonchev–Trinajstić information content (AvgIpc) is 2.54. The van der Waals surface area contributed by atoms with Crippen LogP contribution in [0.15, 0.2) is 18.2 Å². The highest BCUT2D eigenvalue weighted by molar-refractivity contribution is 5.96. The van der Waals surface area contributed by atoms with Gasteiger partial charge in [-0.2, -0.15) is 0 Å². The standard InChI is InChI=1S/C18H26N2O3/c1-4-19(12-17(21)22)15-8-10-20(11-9-15)18(23)16-7-5-6-13(2)14(16)3/h5-7,15H,4,8-12H2,1-3H3,(H,21,22). The summed E-state index contributed by atoms with van der Waals surface area (Å²) in [5.74, 6) is -0.702. The fourth-order valence-corrected chi connectivity index (χ4v) is 3.26. The number of carbonyl (C=O) groups excluding carboxylic acids is 1. The van der Waals surface area contributed by atoms with E-state index in [4.69, 9.17) is 5.11 Å². The number of piperidine rings is 1. The van der Waals surface area contributed by atoms with Crippen LogP contribution in [0.5, 0.6) is 0 Å². The smallest absolute Gasteiger partial charge is 0.317 e. The molecule has 1 saturated heterocycles. The van der Waals surface area contributed by atoms with Crippen LogP contribution in [-0.2, 0) is 4.79 Å². The predicted octanol–water partition coefficient (Wildman–Crippen LogP) is 2.31. The molecule has 1 aromatic carbocycles. The molecule has 0 aromatic heterocycles. The molecule has 126 valence electrons. The molecule has 0 bridgehead atoms. The summed E-state index contributed by atoms with van der Waals surface area (Å²) in [6, 6.07) is 6.08. The third-order valence-corrected chi connectivity index (χ3v) is 4.85. The highest BCUT2D eigenvalue weighted by Crippen LogP contribution is 2.20. The van der Waals surface area contributed by atoms with Crippen LogP contribution in [0.25, 0.3) is 0 Å². The number of nitrogens with zero attached hydrogens (tertiary/aromatic N) is 2. The first-order valence-corrected chi connectivity index (χ1v) is 8.25. The van der Waals surface area contributed by atoms with Crippen LogP contribution in [0.3, 0.4) is 0 Å². The summed E-state index contributed by atoms with van der Waals surface area (Å²) in [5.41, 5.74) is 2.95. The molecule has 5 nitrogen and oxygen atoms in total. The highest BCUT2D eigenvalue weighted by atomic mass is 16.4. The first kappa shape index (κ1) is 17.5. The number of benzene rings is 1. The van der Waals surface area contributed by atoms with E-state index < -0.39 is 5.97 Å². The number of hydrogen-bond donors (Lipinski definition) is 1. The molecule has 0 atom stereocenters. The van der Waals surface area contributed by atoms with E-state index in [-0.39, 0.29) is 18.5 Å². The van der Waals surface area contributed by atoms with Crippen molar-refractivity contribution in [2.24, 2.45) is 0 Å². The number of rotatable bonds is 5. The highest BCUT2D eigenvalue weighted by Gasteiger charge is 2.28. The molecular weight excluding hydrogens is 292 g/mol. The van der Waals surface area contributed by atoms with Gasteiger partial charge in [0.1, 0.15) is 0 Å². The van der Waals surface area contributed by atoms with Crippen LogP contribution in [0, 0.1) is 13.8 Å². The van der Waals surface area contributed by atoms with Gasteiger partial charge >= 0.3 is 5.97 Å². The fraction of sp³-hybridized carbons (Fsp3) is 0.556. The molecule has 0 unspecified atom stereocenters. The van der Waals surface area contributed by atoms with Crippen molar-refractivity contribution in [2.45, 2.75) is 39.7 Å². The van der Waals surface area contributed by atoms with Crippen LogP contribution in [0.2, 0.25) is 0 Å². The Labute approximate surface area is 137 Å². The van der Waals surface area contributed by atoms with Crippen molar-refractivity contribution in [2.75, 3.05) is 26.2 Å². The first-order chi connectivity index (χ1) is 10.9. The third-order valence-electron chi connectivity index (χ3n) is 4.85. The lowest BCUT2D eigenvalue weighted by Crippen LogP contribution is -2.48. The number of carbonyl (C=O) groups is 2. The Morgan fingerprint density at radius 2 is 1.91 bits per heavy atom. The van der Waals surface area contributed by atoms with Gasteiger partial charge in [0.05, 0.1) is 6.54 Å². The van der Waals surface area contributed by atoms with E-state index in [9.17, 15) is 9.59 Å². The number of aliphatic carboxylic acids is 1. The van der Waals surface area contributed by atoms with Crippen LogP contribution in [0.1, 0.15) is 41.3 Å². The minimum atomic E-state index is -0.791. The molecule has 1 aliphatic heterocycles. The maximum absolute atomic E-state index is 12.7. The Morgan fingerprint density at radius 1 is 1.26 bits per heavy atom. The second-order valence-electron chi connectivity index (χ2n) is 6.23. The first-order valence-electron chi connectivity index (χ1n) is 8.25. The van der Waals surface area contributed by atoms with Gasteiger partial charge in [-0.05, 0) is 50.4 Å². The maximum Gasteiger partial charge on any atom is 0.317 e. The van der Waals surface area contributed by atoms with Gasteiger partial charge in [-0.1, -0.05) is 19.1 Å². The summed E-state index contributed by atoms with van der Waals surface area (Å²) in [6.07, 6.45) is 1.66. The van der Waals surface area contributed by atoms with Gasteiger partial charge in [-0.3, -0.25) is 14.5 Å². The van der Waals surface area contributed by atoms with Gasteiger partial charge in [0.25, 0.3) is 5.91 Å². The molecular formula is C18H26N2O3.